The van der Waals surface area contributed by atoms with Crippen molar-refractivity contribution < 1.29 is 9.84 Å². The van der Waals surface area contributed by atoms with Gasteiger partial charge < -0.3 is 9.84 Å². The van der Waals surface area contributed by atoms with Crippen molar-refractivity contribution in [1.29, 1.82) is 0 Å². The van der Waals surface area contributed by atoms with Crippen molar-refractivity contribution in [1.82, 2.24) is 0 Å². The van der Waals surface area contributed by atoms with Gasteiger partial charge in [0.05, 0.1) is 6.10 Å². The molecule has 1 aliphatic heterocycles. The molecule has 2 unspecified atom stereocenters. The standard InChI is InChI=1S/C8H16O2/c1-6(2)5-7-3-4-8(9)10-7/h6-9H,3-5H2,1-2H3. The van der Waals surface area contributed by atoms with E-state index in [1.165, 1.54) is 0 Å². The number of rotatable bonds is 2. The average Bonchev–Trinajstić information content (AvgIpc) is 2.13. The van der Waals surface area contributed by atoms with Crippen LogP contribution in [0.3, 0.4) is 0 Å². The third-order valence-electron chi connectivity index (χ3n) is 1.82. The minimum atomic E-state index is -0.483. The number of hydrogen-bond acceptors (Lipinski definition) is 2. The fourth-order valence-corrected chi connectivity index (χ4v) is 1.39. The van der Waals surface area contributed by atoms with Gasteiger partial charge in [0.1, 0.15) is 0 Å². The lowest BCUT2D eigenvalue weighted by molar-refractivity contribution is -0.0939. The molecule has 0 aromatic carbocycles. The van der Waals surface area contributed by atoms with Gasteiger partial charge in [-0.05, 0) is 18.8 Å². The summed E-state index contributed by atoms with van der Waals surface area (Å²) >= 11 is 0. The Labute approximate surface area is 62.2 Å². The lowest BCUT2D eigenvalue weighted by Crippen LogP contribution is -2.12. The molecule has 1 fully saturated rings. The lowest BCUT2D eigenvalue weighted by atomic mass is 10.0. The number of ether oxygens (including phenoxy) is 1. The first-order valence-corrected chi connectivity index (χ1v) is 4.02. The predicted molar refractivity (Wildman–Crippen MR) is 39.6 cm³/mol. The lowest BCUT2D eigenvalue weighted by Gasteiger charge is -2.11. The van der Waals surface area contributed by atoms with Gasteiger partial charge in [0.2, 0.25) is 0 Å². The topological polar surface area (TPSA) is 29.5 Å². The maximum Gasteiger partial charge on any atom is 0.154 e. The number of aliphatic hydroxyl groups excluding tert-OH is 1. The molecule has 0 amide bonds. The second-order valence-electron chi connectivity index (χ2n) is 3.42. The maximum absolute atomic E-state index is 8.99. The van der Waals surface area contributed by atoms with E-state index in [2.05, 4.69) is 13.8 Å². The molecule has 0 bridgehead atoms. The van der Waals surface area contributed by atoms with E-state index in [4.69, 9.17) is 9.84 Å². The second-order valence-corrected chi connectivity index (χ2v) is 3.42. The van der Waals surface area contributed by atoms with Crippen LogP contribution in [0.15, 0.2) is 0 Å². The van der Waals surface area contributed by atoms with Crippen molar-refractivity contribution in [2.24, 2.45) is 5.92 Å². The zero-order chi connectivity index (χ0) is 7.56. The zero-order valence-corrected chi connectivity index (χ0v) is 6.71. The van der Waals surface area contributed by atoms with Crippen LogP contribution in [0.1, 0.15) is 33.1 Å². The molecular formula is C8H16O2. The Kier molecular flexibility index (Phi) is 2.69. The van der Waals surface area contributed by atoms with E-state index < -0.39 is 6.29 Å². The van der Waals surface area contributed by atoms with Crippen LogP contribution < -0.4 is 0 Å². The minimum Gasteiger partial charge on any atom is -0.368 e. The van der Waals surface area contributed by atoms with Crippen molar-refractivity contribution in [3.05, 3.63) is 0 Å². The van der Waals surface area contributed by atoms with Gasteiger partial charge in [0.25, 0.3) is 0 Å². The SMILES string of the molecule is CC(C)CC1CCC(O)O1. The smallest absolute Gasteiger partial charge is 0.154 e. The quantitative estimate of drug-likeness (QED) is 0.637. The third kappa shape index (κ3) is 2.27. The van der Waals surface area contributed by atoms with Gasteiger partial charge in [-0.2, -0.15) is 0 Å². The molecular weight excluding hydrogens is 128 g/mol. The molecule has 1 aliphatic rings. The summed E-state index contributed by atoms with van der Waals surface area (Å²) < 4.78 is 5.23. The molecule has 10 heavy (non-hydrogen) atoms. The van der Waals surface area contributed by atoms with Crippen LogP contribution in [0.2, 0.25) is 0 Å². The molecule has 2 nitrogen and oxygen atoms in total. The highest BCUT2D eigenvalue weighted by atomic mass is 16.6. The Hall–Kier alpha value is -0.0800. The van der Waals surface area contributed by atoms with Crippen LogP contribution in [0.4, 0.5) is 0 Å². The van der Waals surface area contributed by atoms with E-state index in [1.54, 1.807) is 0 Å². The minimum absolute atomic E-state index is 0.315. The highest BCUT2D eigenvalue weighted by molar-refractivity contribution is 4.68. The molecule has 0 saturated carbocycles. The summed E-state index contributed by atoms with van der Waals surface area (Å²) in [5, 5.41) is 8.99. The molecule has 2 heteroatoms. The van der Waals surface area contributed by atoms with E-state index in [9.17, 15) is 0 Å². The van der Waals surface area contributed by atoms with E-state index in [0.717, 1.165) is 19.3 Å². The van der Waals surface area contributed by atoms with E-state index in [0.29, 0.717) is 12.0 Å². The summed E-state index contributed by atoms with van der Waals surface area (Å²) in [6.45, 7) is 4.35. The van der Waals surface area contributed by atoms with E-state index in [-0.39, 0.29) is 0 Å². The van der Waals surface area contributed by atoms with Crippen LogP contribution in [-0.4, -0.2) is 17.5 Å². The molecule has 1 rings (SSSR count). The van der Waals surface area contributed by atoms with Gasteiger partial charge in [0.15, 0.2) is 6.29 Å². The second kappa shape index (κ2) is 3.35. The molecule has 1 saturated heterocycles. The van der Waals surface area contributed by atoms with Crippen LogP contribution >= 0.6 is 0 Å². The Morgan fingerprint density at radius 3 is 2.60 bits per heavy atom. The van der Waals surface area contributed by atoms with Crippen molar-refractivity contribution in [3.63, 3.8) is 0 Å². The van der Waals surface area contributed by atoms with Gasteiger partial charge >= 0.3 is 0 Å². The average molecular weight is 144 g/mol. The van der Waals surface area contributed by atoms with E-state index >= 15 is 0 Å². The van der Waals surface area contributed by atoms with Crippen LogP contribution in [0.25, 0.3) is 0 Å². The molecule has 60 valence electrons. The summed E-state index contributed by atoms with van der Waals surface area (Å²) in [5.41, 5.74) is 0. The largest absolute Gasteiger partial charge is 0.368 e. The highest BCUT2D eigenvalue weighted by Crippen LogP contribution is 2.22. The summed E-state index contributed by atoms with van der Waals surface area (Å²) in [6.07, 6.45) is 2.76. The van der Waals surface area contributed by atoms with Crippen LogP contribution in [-0.2, 0) is 4.74 Å². The van der Waals surface area contributed by atoms with Crippen molar-refractivity contribution in [3.8, 4) is 0 Å². The molecule has 0 aromatic heterocycles. The number of hydrogen-bond donors (Lipinski definition) is 1. The molecule has 0 spiro atoms. The molecule has 0 aromatic rings. The van der Waals surface area contributed by atoms with Crippen LogP contribution in [0.5, 0.6) is 0 Å². The fraction of sp³-hybridized carbons (Fsp3) is 1.00. The van der Waals surface area contributed by atoms with Crippen molar-refractivity contribution in [2.45, 2.75) is 45.5 Å². The predicted octanol–water partition coefficient (Wildman–Crippen LogP) is 1.53. The molecule has 0 aliphatic carbocycles. The van der Waals surface area contributed by atoms with Gasteiger partial charge in [0, 0.05) is 6.42 Å². The van der Waals surface area contributed by atoms with Gasteiger partial charge in [-0.1, -0.05) is 13.8 Å². The highest BCUT2D eigenvalue weighted by Gasteiger charge is 2.23. The Morgan fingerprint density at radius 2 is 2.20 bits per heavy atom. The summed E-state index contributed by atoms with van der Waals surface area (Å²) in [5.74, 6) is 0.676. The Balaban J connectivity index is 2.18. The summed E-state index contributed by atoms with van der Waals surface area (Å²) in [7, 11) is 0. The first-order valence-electron chi connectivity index (χ1n) is 4.02. The Morgan fingerprint density at radius 1 is 1.50 bits per heavy atom. The van der Waals surface area contributed by atoms with Gasteiger partial charge in [-0.3, -0.25) is 0 Å². The fourth-order valence-electron chi connectivity index (χ4n) is 1.39. The van der Waals surface area contributed by atoms with Gasteiger partial charge in [-0.25, -0.2) is 0 Å². The van der Waals surface area contributed by atoms with Crippen molar-refractivity contribution in [2.75, 3.05) is 0 Å². The molecule has 1 N–H and O–H groups in total. The first kappa shape index (κ1) is 8.02. The zero-order valence-electron chi connectivity index (χ0n) is 6.71. The monoisotopic (exact) mass is 144 g/mol. The Bertz CT molecular complexity index is 101. The van der Waals surface area contributed by atoms with Crippen molar-refractivity contribution >= 4 is 0 Å². The third-order valence-corrected chi connectivity index (χ3v) is 1.82. The van der Waals surface area contributed by atoms with Crippen LogP contribution in [0, 0.1) is 5.92 Å². The van der Waals surface area contributed by atoms with Gasteiger partial charge in [-0.15, -0.1) is 0 Å². The summed E-state index contributed by atoms with van der Waals surface area (Å²) in [6, 6.07) is 0. The first-order chi connectivity index (χ1) is 4.68. The molecule has 0 radical (unpaired) electrons. The molecule has 2 atom stereocenters. The summed E-state index contributed by atoms with van der Waals surface area (Å²) in [4.78, 5) is 0. The maximum atomic E-state index is 8.99. The van der Waals surface area contributed by atoms with E-state index in [1.807, 2.05) is 0 Å². The number of aliphatic hydroxyl groups is 1. The normalized spacial score (nSPS) is 33.6. The molecule has 1 heterocycles.